The number of aromatic amines is 3. The van der Waals surface area contributed by atoms with E-state index in [9.17, 15) is 4.79 Å². The molecule has 0 atom stereocenters. The van der Waals surface area contributed by atoms with Crippen LogP contribution in [0.25, 0.3) is 22.0 Å². The van der Waals surface area contributed by atoms with E-state index in [1.807, 2.05) is 30.5 Å². The maximum absolute atomic E-state index is 11.8. The Labute approximate surface area is 101 Å². The fraction of sp³-hybridized carbons (Fsp3) is 0. The predicted molar refractivity (Wildman–Crippen MR) is 69.5 cm³/mol. The molecule has 0 unspecified atom stereocenters. The van der Waals surface area contributed by atoms with E-state index in [0.717, 1.165) is 16.5 Å². The fourth-order valence-electron chi connectivity index (χ4n) is 1.90. The molecule has 1 aromatic carbocycles. The van der Waals surface area contributed by atoms with Gasteiger partial charge in [-0.15, -0.1) is 0 Å². The van der Waals surface area contributed by atoms with Crippen molar-refractivity contribution in [3.63, 3.8) is 0 Å². The van der Waals surface area contributed by atoms with Gasteiger partial charge in [-0.3, -0.25) is 9.78 Å². The molecule has 4 nitrogen and oxygen atoms in total. The predicted octanol–water partition coefficient (Wildman–Crippen LogP) is 2.58. The molecule has 3 aromatic rings. The maximum atomic E-state index is 11.8. The molecular formula is C12H9N3OS. The van der Waals surface area contributed by atoms with Crippen molar-refractivity contribution in [1.29, 1.82) is 0 Å². The van der Waals surface area contributed by atoms with Gasteiger partial charge in [0.05, 0.1) is 5.56 Å². The summed E-state index contributed by atoms with van der Waals surface area (Å²) >= 11 is 4.87. The van der Waals surface area contributed by atoms with E-state index < -0.39 is 0 Å². The molecule has 0 amide bonds. The number of benzene rings is 1. The lowest BCUT2D eigenvalue weighted by Gasteiger charge is -1.97. The number of H-pyrrole nitrogens is 3. The average molecular weight is 243 g/mol. The molecule has 0 saturated heterocycles. The zero-order valence-corrected chi connectivity index (χ0v) is 9.60. The topological polar surface area (TPSA) is 64.4 Å². The summed E-state index contributed by atoms with van der Waals surface area (Å²) in [4.78, 5) is 20.4. The average Bonchev–Trinajstić information content (AvgIpc) is 2.73. The van der Waals surface area contributed by atoms with Gasteiger partial charge in [-0.2, -0.15) is 0 Å². The summed E-state index contributed by atoms with van der Waals surface area (Å²) in [7, 11) is 0. The Balaban J connectivity index is 2.35. The Bertz CT molecular complexity index is 797. The maximum Gasteiger partial charge on any atom is 0.259 e. The first-order valence-corrected chi connectivity index (χ1v) is 5.55. The summed E-state index contributed by atoms with van der Waals surface area (Å²) in [6.45, 7) is 0. The number of rotatable bonds is 1. The van der Waals surface area contributed by atoms with Crippen LogP contribution in [0.5, 0.6) is 0 Å². The monoisotopic (exact) mass is 243 g/mol. The third-order valence-electron chi connectivity index (χ3n) is 2.70. The van der Waals surface area contributed by atoms with E-state index in [1.165, 1.54) is 0 Å². The van der Waals surface area contributed by atoms with Crippen molar-refractivity contribution in [1.82, 2.24) is 15.0 Å². The Morgan fingerprint density at radius 1 is 1.00 bits per heavy atom. The number of hydrogen-bond acceptors (Lipinski definition) is 2. The van der Waals surface area contributed by atoms with Crippen LogP contribution < -0.4 is 5.56 Å². The number of aromatic nitrogens is 3. The van der Waals surface area contributed by atoms with E-state index in [0.29, 0.717) is 10.3 Å². The minimum absolute atomic E-state index is 0.182. The van der Waals surface area contributed by atoms with Crippen molar-refractivity contribution in [2.24, 2.45) is 0 Å². The number of fused-ring (bicyclic) bond motifs is 1. The van der Waals surface area contributed by atoms with Gasteiger partial charge in [-0.25, -0.2) is 0 Å². The van der Waals surface area contributed by atoms with Crippen molar-refractivity contribution >= 4 is 23.1 Å². The summed E-state index contributed by atoms with van der Waals surface area (Å²) < 4.78 is 0.332. The van der Waals surface area contributed by atoms with Crippen molar-refractivity contribution in [2.75, 3.05) is 0 Å². The van der Waals surface area contributed by atoms with Crippen molar-refractivity contribution in [3.8, 4) is 11.1 Å². The first kappa shape index (κ1) is 10.0. The minimum Gasteiger partial charge on any atom is -0.361 e. The quantitative estimate of drug-likeness (QED) is 0.575. The molecule has 0 fully saturated rings. The van der Waals surface area contributed by atoms with Crippen LogP contribution in [0.15, 0.2) is 41.5 Å². The van der Waals surface area contributed by atoms with Gasteiger partial charge >= 0.3 is 0 Å². The zero-order chi connectivity index (χ0) is 11.8. The van der Waals surface area contributed by atoms with Gasteiger partial charge in [-0.05, 0) is 18.3 Å². The number of para-hydroxylation sites is 1. The van der Waals surface area contributed by atoms with E-state index in [-0.39, 0.29) is 5.56 Å². The molecule has 3 rings (SSSR count). The SMILES string of the molecule is O=c1[nH]c(=S)[nH]cc1-c1c[nH]c2ccccc12. The lowest BCUT2D eigenvalue weighted by molar-refractivity contribution is 1.09. The van der Waals surface area contributed by atoms with Gasteiger partial charge in [0.25, 0.3) is 5.56 Å². The Kier molecular flexibility index (Phi) is 2.19. The minimum atomic E-state index is -0.182. The molecule has 0 aliphatic rings. The summed E-state index contributed by atoms with van der Waals surface area (Å²) in [5.41, 5.74) is 2.27. The molecule has 0 radical (unpaired) electrons. The molecule has 3 N–H and O–H groups in total. The molecule has 17 heavy (non-hydrogen) atoms. The smallest absolute Gasteiger partial charge is 0.259 e. The van der Waals surface area contributed by atoms with Crippen LogP contribution in [0, 0.1) is 4.77 Å². The van der Waals surface area contributed by atoms with Gasteiger partial charge in [0.1, 0.15) is 0 Å². The lowest BCUT2D eigenvalue weighted by Crippen LogP contribution is -2.09. The second-order valence-electron chi connectivity index (χ2n) is 3.73. The van der Waals surface area contributed by atoms with Crippen LogP contribution >= 0.6 is 12.2 Å². The molecular weight excluding hydrogens is 234 g/mol. The second-order valence-corrected chi connectivity index (χ2v) is 4.14. The lowest BCUT2D eigenvalue weighted by atomic mass is 10.1. The molecule has 0 bridgehead atoms. The van der Waals surface area contributed by atoms with Crippen molar-refractivity contribution in [2.45, 2.75) is 0 Å². The molecule has 84 valence electrons. The third kappa shape index (κ3) is 1.60. The molecule has 0 aliphatic carbocycles. The van der Waals surface area contributed by atoms with E-state index in [1.54, 1.807) is 6.20 Å². The highest BCUT2D eigenvalue weighted by molar-refractivity contribution is 7.71. The Morgan fingerprint density at radius 2 is 1.76 bits per heavy atom. The van der Waals surface area contributed by atoms with Gasteiger partial charge in [0, 0.05) is 28.9 Å². The van der Waals surface area contributed by atoms with Crippen LogP contribution in [-0.4, -0.2) is 15.0 Å². The van der Waals surface area contributed by atoms with Crippen LogP contribution in [0.4, 0.5) is 0 Å². The molecule has 0 saturated carbocycles. The molecule has 5 heteroatoms. The highest BCUT2D eigenvalue weighted by atomic mass is 32.1. The third-order valence-corrected chi connectivity index (χ3v) is 2.92. The number of nitrogens with one attached hydrogen (secondary N) is 3. The Hall–Kier alpha value is -2.14. The molecule has 2 heterocycles. The highest BCUT2D eigenvalue weighted by Gasteiger charge is 2.08. The summed E-state index contributed by atoms with van der Waals surface area (Å²) in [6.07, 6.45) is 3.46. The standard InChI is InChI=1S/C12H9N3OS/c16-11-9(6-14-12(17)15-11)8-5-13-10-4-2-1-3-7(8)10/h1-6,13H,(H2,14,15,16,17). The van der Waals surface area contributed by atoms with Crippen LogP contribution in [0.3, 0.4) is 0 Å². The van der Waals surface area contributed by atoms with Crippen LogP contribution in [0.1, 0.15) is 0 Å². The van der Waals surface area contributed by atoms with E-state index in [2.05, 4.69) is 15.0 Å². The Morgan fingerprint density at radius 3 is 2.59 bits per heavy atom. The summed E-state index contributed by atoms with van der Waals surface area (Å²) in [6, 6.07) is 7.84. The highest BCUT2D eigenvalue weighted by Crippen LogP contribution is 2.25. The zero-order valence-electron chi connectivity index (χ0n) is 8.78. The second kappa shape index (κ2) is 3.71. The van der Waals surface area contributed by atoms with Gasteiger partial charge in [0.2, 0.25) is 0 Å². The molecule has 0 spiro atoms. The fourth-order valence-corrected chi connectivity index (χ4v) is 2.06. The first-order valence-electron chi connectivity index (χ1n) is 5.14. The van der Waals surface area contributed by atoms with E-state index in [4.69, 9.17) is 12.2 Å². The first-order chi connectivity index (χ1) is 8.25. The molecule has 0 aliphatic heterocycles. The van der Waals surface area contributed by atoms with Gasteiger partial charge in [-0.1, -0.05) is 18.2 Å². The van der Waals surface area contributed by atoms with Crippen LogP contribution in [-0.2, 0) is 0 Å². The van der Waals surface area contributed by atoms with Gasteiger partial charge in [0.15, 0.2) is 4.77 Å². The van der Waals surface area contributed by atoms with Crippen molar-refractivity contribution < 1.29 is 0 Å². The van der Waals surface area contributed by atoms with Crippen LogP contribution in [0.2, 0.25) is 0 Å². The van der Waals surface area contributed by atoms with E-state index >= 15 is 0 Å². The number of hydrogen-bond donors (Lipinski definition) is 3. The summed E-state index contributed by atoms with van der Waals surface area (Å²) in [5.74, 6) is 0. The van der Waals surface area contributed by atoms with Crippen molar-refractivity contribution in [3.05, 3.63) is 51.8 Å². The normalized spacial score (nSPS) is 10.8. The van der Waals surface area contributed by atoms with Gasteiger partial charge < -0.3 is 9.97 Å². The summed E-state index contributed by atoms with van der Waals surface area (Å²) in [5, 5.41) is 1.02. The largest absolute Gasteiger partial charge is 0.361 e. The molecule has 2 aromatic heterocycles.